The number of benzene rings is 2. The van der Waals surface area contributed by atoms with Crippen molar-refractivity contribution in [2.24, 2.45) is 0 Å². The molecule has 2 aromatic heterocycles. The van der Waals surface area contributed by atoms with Gasteiger partial charge in [0.1, 0.15) is 5.82 Å². The second kappa shape index (κ2) is 8.06. The SMILES string of the molecule is C=CCc1c(C)cc(-c2noc(-c3cc(-c4ccccc4F)n(CC)n3)n2)cc1C. The Hall–Kier alpha value is -3.54. The topological polar surface area (TPSA) is 56.7 Å². The second-order valence-electron chi connectivity index (χ2n) is 7.21. The van der Waals surface area contributed by atoms with Gasteiger partial charge < -0.3 is 4.52 Å². The van der Waals surface area contributed by atoms with Gasteiger partial charge in [-0.2, -0.15) is 10.1 Å². The first-order valence-corrected chi connectivity index (χ1v) is 9.90. The maximum absolute atomic E-state index is 14.3. The van der Waals surface area contributed by atoms with Gasteiger partial charge in [0.15, 0.2) is 5.69 Å². The van der Waals surface area contributed by atoms with Crippen molar-refractivity contribution in [1.29, 1.82) is 0 Å². The lowest BCUT2D eigenvalue weighted by atomic mass is 9.97. The zero-order valence-electron chi connectivity index (χ0n) is 17.3. The Balaban J connectivity index is 1.72. The highest BCUT2D eigenvalue weighted by Crippen LogP contribution is 2.29. The molecule has 4 aromatic rings. The molecule has 0 saturated carbocycles. The highest BCUT2D eigenvalue weighted by Gasteiger charge is 2.19. The van der Waals surface area contributed by atoms with E-state index in [1.165, 1.54) is 11.6 Å². The molecule has 30 heavy (non-hydrogen) atoms. The van der Waals surface area contributed by atoms with Crippen LogP contribution in [0, 0.1) is 19.7 Å². The van der Waals surface area contributed by atoms with Crippen LogP contribution in [-0.4, -0.2) is 19.9 Å². The van der Waals surface area contributed by atoms with Crippen molar-refractivity contribution in [2.45, 2.75) is 33.7 Å². The van der Waals surface area contributed by atoms with E-state index in [4.69, 9.17) is 4.52 Å². The number of aryl methyl sites for hydroxylation is 3. The van der Waals surface area contributed by atoms with Gasteiger partial charge >= 0.3 is 0 Å². The average Bonchev–Trinajstić information content (AvgIpc) is 3.38. The summed E-state index contributed by atoms with van der Waals surface area (Å²) < 4.78 is 21.5. The van der Waals surface area contributed by atoms with Crippen LogP contribution in [0.1, 0.15) is 23.6 Å². The van der Waals surface area contributed by atoms with Gasteiger partial charge in [0.05, 0.1) is 5.69 Å². The summed E-state index contributed by atoms with van der Waals surface area (Å²) in [6, 6.07) is 12.5. The zero-order chi connectivity index (χ0) is 21.3. The van der Waals surface area contributed by atoms with Crippen molar-refractivity contribution in [2.75, 3.05) is 0 Å². The van der Waals surface area contributed by atoms with Gasteiger partial charge in [-0.25, -0.2) is 4.39 Å². The number of halogens is 1. The van der Waals surface area contributed by atoms with Crippen molar-refractivity contribution < 1.29 is 8.91 Å². The predicted octanol–water partition coefficient (Wildman–Crippen LogP) is 5.77. The first kappa shape index (κ1) is 19.8. The molecule has 0 unspecified atom stereocenters. The number of nitrogens with zero attached hydrogens (tertiary/aromatic N) is 4. The molecule has 0 radical (unpaired) electrons. The van der Waals surface area contributed by atoms with Gasteiger partial charge in [-0.15, -0.1) is 6.58 Å². The Labute approximate surface area is 174 Å². The monoisotopic (exact) mass is 402 g/mol. The number of aromatic nitrogens is 4. The van der Waals surface area contributed by atoms with E-state index in [2.05, 4.69) is 47.8 Å². The molecule has 0 aliphatic rings. The van der Waals surface area contributed by atoms with Gasteiger partial charge in [0.2, 0.25) is 5.82 Å². The summed E-state index contributed by atoms with van der Waals surface area (Å²) in [7, 11) is 0. The Bertz CT molecular complexity index is 1200. The first-order chi connectivity index (χ1) is 14.5. The highest BCUT2D eigenvalue weighted by molar-refractivity contribution is 5.67. The summed E-state index contributed by atoms with van der Waals surface area (Å²) in [5.74, 6) is 0.510. The van der Waals surface area contributed by atoms with Gasteiger partial charge in [-0.1, -0.05) is 23.4 Å². The highest BCUT2D eigenvalue weighted by atomic mass is 19.1. The molecule has 0 saturated heterocycles. The number of rotatable bonds is 6. The fraction of sp³-hybridized carbons (Fsp3) is 0.208. The predicted molar refractivity (Wildman–Crippen MR) is 115 cm³/mol. The van der Waals surface area contributed by atoms with Crippen molar-refractivity contribution in [3.05, 3.63) is 77.6 Å². The molecule has 0 aliphatic heterocycles. The van der Waals surface area contributed by atoms with E-state index in [0.717, 1.165) is 23.1 Å². The lowest BCUT2D eigenvalue weighted by molar-refractivity contribution is 0.430. The molecule has 0 bridgehead atoms. The number of hydrogen-bond acceptors (Lipinski definition) is 4. The summed E-state index contributed by atoms with van der Waals surface area (Å²) in [6.07, 6.45) is 2.72. The third kappa shape index (κ3) is 3.56. The van der Waals surface area contributed by atoms with Crippen LogP contribution in [0.5, 0.6) is 0 Å². The summed E-state index contributed by atoms with van der Waals surface area (Å²) in [5.41, 5.74) is 6.14. The van der Waals surface area contributed by atoms with E-state index in [-0.39, 0.29) is 5.82 Å². The summed E-state index contributed by atoms with van der Waals surface area (Å²) in [5, 5.41) is 8.69. The minimum atomic E-state index is -0.296. The molecule has 5 nitrogen and oxygen atoms in total. The lowest BCUT2D eigenvalue weighted by Crippen LogP contribution is -2.00. The Morgan fingerprint density at radius 1 is 1.13 bits per heavy atom. The van der Waals surface area contributed by atoms with E-state index in [0.29, 0.717) is 35.2 Å². The first-order valence-electron chi connectivity index (χ1n) is 9.90. The molecular weight excluding hydrogens is 379 g/mol. The van der Waals surface area contributed by atoms with Crippen molar-refractivity contribution >= 4 is 0 Å². The molecule has 0 amide bonds. The Kier molecular flexibility index (Phi) is 5.31. The van der Waals surface area contributed by atoms with Gasteiger partial charge in [-0.3, -0.25) is 4.68 Å². The molecular formula is C24H23FN4O. The minimum Gasteiger partial charge on any atom is -0.332 e. The van der Waals surface area contributed by atoms with E-state index >= 15 is 0 Å². The molecule has 152 valence electrons. The quantitative estimate of drug-likeness (QED) is 0.384. The molecule has 0 atom stereocenters. The smallest absolute Gasteiger partial charge is 0.278 e. The summed E-state index contributed by atoms with van der Waals surface area (Å²) >= 11 is 0. The van der Waals surface area contributed by atoms with Crippen molar-refractivity contribution in [1.82, 2.24) is 19.9 Å². The largest absolute Gasteiger partial charge is 0.332 e. The maximum Gasteiger partial charge on any atom is 0.278 e. The molecule has 0 aliphatic carbocycles. The van der Waals surface area contributed by atoms with E-state index in [1.54, 1.807) is 28.9 Å². The zero-order valence-corrected chi connectivity index (χ0v) is 17.3. The third-order valence-corrected chi connectivity index (χ3v) is 5.18. The average molecular weight is 402 g/mol. The van der Waals surface area contributed by atoms with Crippen molar-refractivity contribution in [3.8, 4) is 34.2 Å². The van der Waals surface area contributed by atoms with Crippen LogP contribution in [0.25, 0.3) is 34.2 Å². The molecule has 2 aromatic carbocycles. The van der Waals surface area contributed by atoms with Crippen LogP contribution < -0.4 is 0 Å². The van der Waals surface area contributed by atoms with Crippen molar-refractivity contribution in [3.63, 3.8) is 0 Å². The molecule has 2 heterocycles. The standard InChI is InChI=1S/C24H23FN4O/c1-5-9-18-15(3)12-17(13-16(18)4)23-26-24(30-28-23)21-14-22(29(6-2)27-21)19-10-7-8-11-20(19)25/h5,7-8,10-14H,1,6,9H2,2-4H3. The van der Waals surface area contributed by atoms with Crippen LogP contribution >= 0.6 is 0 Å². The third-order valence-electron chi connectivity index (χ3n) is 5.18. The lowest BCUT2D eigenvalue weighted by Gasteiger charge is -2.09. The normalized spacial score (nSPS) is 11.1. The van der Waals surface area contributed by atoms with E-state index < -0.39 is 0 Å². The van der Waals surface area contributed by atoms with Gasteiger partial charge in [-0.05, 0) is 74.2 Å². The van der Waals surface area contributed by atoms with E-state index in [1.807, 2.05) is 13.0 Å². The summed E-state index contributed by atoms with van der Waals surface area (Å²) in [4.78, 5) is 4.55. The van der Waals surface area contributed by atoms with Crippen LogP contribution in [0.15, 0.2) is 59.6 Å². The second-order valence-corrected chi connectivity index (χ2v) is 7.21. The van der Waals surface area contributed by atoms with Crippen LogP contribution in [0.4, 0.5) is 4.39 Å². The number of allylic oxidation sites excluding steroid dienone is 1. The molecule has 0 fully saturated rings. The van der Waals surface area contributed by atoms with Crippen LogP contribution in [0.3, 0.4) is 0 Å². The van der Waals surface area contributed by atoms with Gasteiger partial charge in [0.25, 0.3) is 5.89 Å². The number of hydrogen-bond donors (Lipinski definition) is 0. The summed E-state index contributed by atoms with van der Waals surface area (Å²) in [6.45, 7) is 10.5. The van der Waals surface area contributed by atoms with Gasteiger partial charge in [0, 0.05) is 17.7 Å². The minimum absolute atomic E-state index is 0.296. The molecule has 0 spiro atoms. The molecule has 0 N–H and O–H groups in total. The Morgan fingerprint density at radius 2 is 1.87 bits per heavy atom. The molecule has 4 rings (SSSR count). The maximum atomic E-state index is 14.3. The fourth-order valence-corrected chi connectivity index (χ4v) is 3.68. The Morgan fingerprint density at radius 3 is 2.53 bits per heavy atom. The molecule has 6 heteroatoms. The van der Waals surface area contributed by atoms with Crippen LogP contribution in [-0.2, 0) is 13.0 Å². The van der Waals surface area contributed by atoms with E-state index in [9.17, 15) is 4.39 Å². The fourth-order valence-electron chi connectivity index (χ4n) is 3.68. The van der Waals surface area contributed by atoms with Crippen LogP contribution in [0.2, 0.25) is 0 Å².